The van der Waals surface area contributed by atoms with Gasteiger partial charge in [-0.1, -0.05) is 18.7 Å². The largest absolute Gasteiger partial charge is 0.497 e. The first-order valence-corrected chi connectivity index (χ1v) is 7.78. The van der Waals surface area contributed by atoms with Crippen LogP contribution < -0.4 is 4.74 Å². The molecular weight excluding hydrogens is 302 g/mol. The molecule has 0 aliphatic rings. The molecule has 3 aromatic rings. The van der Waals surface area contributed by atoms with Crippen LogP contribution in [-0.2, 0) is 12.2 Å². The van der Waals surface area contributed by atoms with E-state index in [0.29, 0.717) is 22.7 Å². The van der Waals surface area contributed by atoms with Crippen molar-refractivity contribution in [1.29, 1.82) is 0 Å². The first kappa shape index (κ1) is 14.6. The molecule has 2 aromatic heterocycles. The van der Waals surface area contributed by atoms with Gasteiger partial charge in [0.2, 0.25) is 16.9 Å². The smallest absolute Gasteiger partial charge is 0.247 e. The summed E-state index contributed by atoms with van der Waals surface area (Å²) in [5.74, 6) is 3.22. The fraction of sp³-hybridized carbons (Fsp3) is 0.286. The summed E-state index contributed by atoms with van der Waals surface area (Å²) in [7, 11) is 1.63. The van der Waals surface area contributed by atoms with Crippen molar-refractivity contribution in [3.05, 3.63) is 36.0 Å². The van der Waals surface area contributed by atoms with Crippen molar-refractivity contribution in [3.63, 3.8) is 0 Å². The Labute approximate surface area is 131 Å². The minimum atomic E-state index is 0.488. The molecule has 2 heterocycles. The number of aryl methyl sites for hydroxylation is 1. The van der Waals surface area contributed by atoms with Gasteiger partial charge in [0.1, 0.15) is 11.6 Å². The monoisotopic (exact) mass is 317 g/mol. The van der Waals surface area contributed by atoms with E-state index in [0.717, 1.165) is 23.6 Å². The van der Waals surface area contributed by atoms with Crippen LogP contribution in [0.15, 0.2) is 33.8 Å². The van der Waals surface area contributed by atoms with Crippen LogP contribution in [-0.4, -0.2) is 32.5 Å². The summed E-state index contributed by atoms with van der Waals surface area (Å²) in [5.41, 5.74) is 0.857. The normalized spacial score (nSPS) is 10.8. The van der Waals surface area contributed by atoms with Gasteiger partial charge in [-0.15, -0.1) is 15.3 Å². The number of rotatable bonds is 6. The molecule has 8 heteroatoms. The van der Waals surface area contributed by atoms with E-state index in [-0.39, 0.29) is 0 Å². The molecule has 0 aliphatic carbocycles. The summed E-state index contributed by atoms with van der Waals surface area (Å²) in [6.45, 7) is 2.02. The molecule has 22 heavy (non-hydrogen) atoms. The second kappa shape index (κ2) is 6.61. The molecule has 114 valence electrons. The van der Waals surface area contributed by atoms with Gasteiger partial charge in [0.15, 0.2) is 0 Å². The van der Waals surface area contributed by atoms with Gasteiger partial charge in [-0.2, -0.15) is 0 Å². The standard InChI is InChI=1S/C14H15N5O2S/c1-3-11-15-14(19-16-11)22-8-12-17-18-13(21-12)9-4-6-10(20-2)7-5-9/h4-7H,3,8H2,1-2H3,(H,15,16,19). The van der Waals surface area contributed by atoms with Crippen LogP contribution in [0.4, 0.5) is 0 Å². The highest BCUT2D eigenvalue weighted by Gasteiger charge is 2.10. The molecule has 1 N–H and O–H groups in total. The molecule has 0 saturated heterocycles. The van der Waals surface area contributed by atoms with E-state index in [1.165, 1.54) is 11.8 Å². The van der Waals surface area contributed by atoms with Crippen molar-refractivity contribution >= 4 is 11.8 Å². The van der Waals surface area contributed by atoms with Crippen molar-refractivity contribution in [3.8, 4) is 17.2 Å². The minimum Gasteiger partial charge on any atom is -0.497 e. The second-order valence-corrected chi connectivity index (χ2v) is 5.38. The van der Waals surface area contributed by atoms with Gasteiger partial charge in [0.25, 0.3) is 0 Å². The van der Waals surface area contributed by atoms with Crippen LogP contribution in [0.3, 0.4) is 0 Å². The van der Waals surface area contributed by atoms with E-state index in [1.54, 1.807) is 7.11 Å². The number of aromatic amines is 1. The van der Waals surface area contributed by atoms with E-state index in [9.17, 15) is 0 Å². The van der Waals surface area contributed by atoms with Crippen molar-refractivity contribution in [2.24, 2.45) is 0 Å². The fourth-order valence-electron chi connectivity index (χ4n) is 1.79. The quantitative estimate of drug-likeness (QED) is 0.699. The predicted molar refractivity (Wildman–Crippen MR) is 81.6 cm³/mol. The summed E-state index contributed by atoms with van der Waals surface area (Å²) in [6, 6.07) is 7.47. The number of H-pyrrole nitrogens is 1. The number of benzene rings is 1. The molecule has 3 rings (SSSR count). The van der Waals surface area contributed by atoms with Gasteiger partial charge < -0.3 is 9.15 Å². The van der Waals surface area contributed by atoms with Crippen LogP contribution in [0.2, 0.25) is 0 Å². The molecule has 0 radical (unpaired) electrons. The number of aromatic nitrogens is 5. The molecular formula is C14H15N5O2S. The third-order valence-electron chi connectivity index (χ3n) is 2.97. The minimum absolute atomic E-state index is 0.488. The van der Waals surface area contributed by atoms with Crippen LogP contribution in [0.5, 0.6) is 5.75 Å². The summed E-state index contributed by atoms with van der Waals surface area (Å²) in [4.78, 5) is 4.32. The molecule has 0 spiro atoms. The van der Waals surface area contributed by atoms with E-state index in [2.05, 4.69) is 25.4 Å². The maximum Gasteiger partial charge on any atom is 0.247 e. The summed E-state index contributed by atoms with van der Waals surface area (Å²) in [6.07, 6.45) is 0.829. The molecule has 7 nitrogen and oxygen atoms in total. The Bertz CT molecular complexity index is 738. The van der Waals surface area contributed by atoms with Gasteiger partial charge in [-0.3, -0.25) is 5.10 Å². The van der Waals surface area contributed by atoms with E-state index in [4.69, 9.17) is 9.15 Å². The van der Waals surface area contributed by atoms with Crippen LogP contribution in [0, 0.1) is 0 Å². The number of nitrogens with zero attached hydrogens (tertiary/aromatic N) is 4. The van der Waals surface area contributed by atoms with Crippen molar-refractivity contribution < 1.29 is 9.15 Å². The first-order valence-electron chi connectivity index (χ1n) is 6.79. The summed E-state index contributed by atoms with van der Waals surface area (Å²) < 4.78 is 10.8. The highest BCUT2D eigenvalue weighted by atomic mass is 32.2. The van der Waals surface area contributed by atoms with Crippen molar-refractivity contribution in [1.82, 2.24) is 25.4 Å². The second-order valence-electron chi connectivity index (χ2n) is 4.44. The number of nitrogens with one attached hydrogen (secondary N) is 1. The highest BCUT2D eigenvalue weighted by Crippen LogP contribution is 2.24. The molecule has 0 aliphatic heterocycles. The number of hydrogen-bond acceptors (Lipinski definition) is 7. The van der Waals surface area contributed by atoms with Crippen LogP contribution in [0.25, 0.3) is 11.5 Å². The van der Waals surface area contributed by atoms with E-state index in [1.807, 2.05) is 31.2 Å². The van der Waals surface area contributed by atoms with Gasteiger partial charge in [-0.25, -0.2) is 4.98 Å². The fourth-order valence-corrected chi connectivity index (χ4v) is 2.44. The Morgan fingerprint density at radius 3 is 2.73 bits per heavy atom. The lowest BCUT2D eigenvalue weighted by Crippen LogP contribution is -1.83. The van der Waals surface area contributed by atoms with E-state index < -0.39 is 0 Å². The molecule has 0 saturated carbocycles. The average molecular weight is 317 g/mol. The maximum absolute atomic E-state index is 5.65. The number of ether oxygens (including phenoxy) is 1. The lowest BCUT2D eigenvalue weighted by Gasteiger charge is -1.99. The van der Waals surface area contributed by atoms with Gasteiger partial charge in [0, 0.05) is 12.0 Å². The molecule has 0 unspecified atom stereocenters. The number of hydrogen-bond donors (Lipinski definition) is 1. The first-order chi connectivity index (χ1) is 10.8. The van der Waals surface area contributed by atoms with Crippen molar-refractivity contribution in [2.45, 2.75) is 24.3 Å². The van der Waals surface area contributed by atoms with Crippen LogP contribution in [0.1, 0.15) is 18.6 Å². The highest BCUT2D eigenvalue weighted by molar-refractivity contribution is 7.98. The van der Waals surface area contributed by atoms with Gasteiger partial charge in [-0.05, 0) is 24.3 Å². The Morgan fingerprint density at radius 2 is 2.05 bits per heavy atom. The predicted octanol–water partition coefficient (Wildman–Crippen LogP) is 2.72. The SMILES string of the molecule is CCc1nc(SCc2nnc(-c3ccc(OC)cc3)o2)n[nH]1. The third-order valence-corrected chi connectivity index (χ3v) is 3.81. The summed E-state index contributed by atoms with van der Waals surface area (Å²) >= 11 is 1.45. The molecule has 0 bridgehead atoms. The average Bonchev–Trinajstić information content (AvgIpc) is 3.22. The molecule has 0 fully saturated rings. The van der Waals surface area contributed by atoms with E-state index >= 15 is 0 Å². The Morgan fingerprint density at radius 1 is 1.23 bits per heavy atom. The lowest BCUT2D eigenvalue weighted by molar-refractivity contribution is 0.415. The zero-order chi connectivity index (χ0) is 15.4. The molecule has 1 aromatic carbocycles. The third kappa shape index (κ3) is 3.28. The zero-order valence-corrected chi connectivity index (χ0v) is 13.1. The van der Waals surface area contributed by atoms with Crippen LogP contribution >= 0.6 is 11.8 Å². The summed E-state index contributed by atoms with van der Waals surface area (Å²) in [5, 5.41) is 15.8. The Hall–Kier alpha value is -2.35. The molecule has 0 amide bonds. The Kier molecular flexibility index (Phi) is 4.38. The molecule has 0 atom stereocenters. The number of thioether (sulfide) groups is 1. The maximum atomic E-state index is 5.65. The lowest BCUT2D eigenvalue weighted by atomic mass is 10.2. The topological polar surface area (TPSA) is 89.7 Å². The Balaban J connectivity index is 1.65. The zero-order valence-electron chi connectivity index (χ0n) is 12.2. The number of methoxy groups -OCH3 is 1. The van der Waals surface area contributed by atoms with Gasteiger partial charge in [0.05, 0.1) is 12.9 Å². The van der Waals surface area contributed by atoms with Gasteiger partial charge >= 0.3 is 0 Å². The van der Waals surface area contributed by atoms with Crippen molar-refractivity contribution in [2.75, 3.05) is 7.11 Å².